The number of carbonyl (C=O) groups is 1. The van der Waals surface area contributed by atoms with Crippen LogP contribution in [0.3, 0.4) is 0 Å². The molecule has 114 valence electrons. The predicted molar refractivity (Wildman–Crippen MR) is 82.4 cm³/mol. The number of oxime groups is 1. The van der Waals surface area contributed by atoms with Crippen LogP contribution in [0.5, 0.6) is 0 Å². The highest BCUT2D eigenvalue weighted by Crippen LogP contribution is 2.25. The van der Waals surface area contributed by atoms with Crippen molar-refractivity contribution in [1.82, 2.24) is 4.90 Å². The second-order valence-corrected chi connectivity index (χ2v) is 5.94. The first-order valence-electron chi connectivity index (χ1n) is 7.40. The zero-order valence-corrected chi connectivity index (χ0v) is 12.6. The van der Waals surface area contributed by atoms with Crippen molar-refractivity contribution in [1.29, 1.82) is 0 Å². The Kier molecular flexibility index (Phi) is 4.83. The van der Waals surface area contributed by atoms with Crippen LogP contribution in [0.4, 0.5) is 0 Å². The zero-order valence-electron chi connectivity index (χ0n) is 12.6. The minimum Gasteiger partial charge on any atom is -0.409 e. The summed E-state index contributed by atoms with van der Waals surface area (Å²) < 4.78 is 0. The van der Waals surface area contributed by atoms with E-state index in [1.165, 1.54) is 0 Å². The van der Waals surface area contributed by atoms with Crippen LogP contribution in [-0.4, -0.2) is 34.9 Å². The Hall–Kier alpha value is -2.04. The quantitative estimate of drug-likeness (QED) is 0.388. The monoisotopic (exact) mass is 289 g/mol. The Balaban J connectivity index is 2.08. The third kappa shape index (κ3) is 3.54. The summed E-state index contributed by atoms with van der Waals surface area (Å²) in [7, 11) is 0. The lowest BCUT2D eigenvalue weighted by Crippen LogP contribution is -2.39. The number of rotatable bonds is 3. The molecule has 1 aliphatic heterocycles. The van der Waals surface area contributed by atoms with Crippen molar-refractivity contribution in [3.8, 4) is 0 Å². The number of hydrogen-bond donors (Lipinski definition) is 2. The van der Waals surface area contributed by atoms with Crippen molar-refractivity contribution in [3.63, 3.8) is 0 Å². The van der Waals surface area contributed by atoms with Gasteiger partial charge in [0.1, 0.15) is 0 Å². The van der Waals surface area contributed by atoms with E-state index in [0.29, 0.717) is 23.0 Å². The van der Waals surface area contributed by atoms with Crippen LogP contribution in [0, 0.1) is 11.8 Å². The first kappa shape index (κ1) is 15.4. The highest BCUT2D eigenvalue weighted by atomic mass is 16.4. The number of benzene rings is 1. The van der Waals surface area contributed by atoms with Crippen molar-refractivity contribution < 1.29 is 10.0 Å². The summed E-state index contributed by atoms with van der Waals surface area (Å²) in [6.45, 7) is 6.08. The lowest BCUT2D eigenvalue weighted by molar-refractivity contribution is 0.0667. The van der Waals surface area contributed by atoms with Crippen molar-refractivity contribution in [2.45, 2.75) is 26.7 Å². The summed E-state index contributed by atoms with van der Waals surface area (Å²) in [6.07, 6.45) is 2.12. The number of nitrogens with zero attached hydrogens (tertiary/aromatic N) is 2. The second kappa shape index (κ2) is 6.61. The van der Waals surface area contributed by atoms with Crippen molar-refractivity contribution in [3.05, 3.63) is 35.4 Å². The molecule has 3 N–H and O–H groups in total. The topological polar surface area (TPSA) is 78.9 Å². The van der Waals surface area contributed by atoms with E-state index in [-0.39, 0.29) is 11.7 Å². The van der Waals surface area contributed by atoms with E-state index >= 15 is 0 Å². The maximum absolute atomic E-state index is 12.5. The number of likely N-dealkylation sites (tertiary alicyclic amines) is 1. The minimum atomic E-state index is 0.0168. The molecule has 21 heavy (non-hydrogen) atoms. The number of piperidine rings is 1. The molecule has 1 aromatic rings. The third-order valence-corrected chi connectivity index (χ3v) is 4.28. The van der Waals surface area contributed by atoms with E-state index in [4.69, 9.17) is 10.9 Å². The van der Waals surface area contributed by atoms with Gasteiger partial charge in [-0.05, 0) is 36.8 Å². The molecular formula is C16H23N3O2. The Morgan fingerprint density at radius 1 is 1.33 bits per heavy atom. The van der Waals surface area contributed by atoms with Gasteiger partial charge in [-0.1, -0.05) is 31.1 Å². The van der Waals surface area contributed by atoms with Crippen molar-refractivity contribution in [2.24, 2.45) is 22.7 Å². The summed E-state index contributed by atoms with van der Waals surface area (Å²) in [5.41, 5.74) is 6.71. The molecule has 0 spiro atoms. The fourth-order valence-electron chi connectivity index (χ4n) is 2.82. The molecule has 1 heterocycles. The molecule has 1 amide bonds. The maximum atomic E-state index is 12.5. The Labute approximate surface area is 125 Å². The summed E-state index contributed by atoms with van der Waals surface area (Å²) in [6, 6.07) is 6.91. The van der Waals surface area contributed by atoms with E-state index in [9.17, 15) is 4.79 Å². The third-order valence-electron chi connectivity index (χ3n) is 4.28. The first-order valence-corrected chi connectivity index (χ1v) is 7.40. The molecule has 5 nitrogen and oxygen atoms in total. The molecular weight excluding hydrogens is 266 g/mol. The van der Waals surface area contributed by atoms with Crippen LogP contribution in [0.15, 0.2) is 29.4 Å². The van der Waals surface area contributed by atoms with Gasteiger partial charge in [-0.25, -0.2) is 0 Å². The molecule has 0 aliphatic carbocycles. The number of amidine groups is 1. The number of nitrogens with two attached hydrogens (primary N) is 1. The molecule has 1 saturated heterocycles. The van der Waals surface area contributed by atoms with Crippen LogP contribution in [0.1, 0.15) is 42.6 Å². The zero-order chi connectivity index (χ0) is 15.4. The highest BCUT2D eigenvalue weighted by molar-refractivity contribution is 6.01. The Bertz CT molecular complexity index is 532. The molecule has 5 heteroatoms. The summed E-state index contributed by atoms with van der Waals surface area (Å²) in [5, 5.41) is 11.7. The average molecular weight is 289 g/mol. The number of carbonyl (C=O) groups excluding carboxylic acids is 1. The molecule has 0 aromatic heterocycles. The first-order chi connectivity index (χ1) is 10.0. The van der Waals surface area contributed by atoms with E-state index in [2.05, 4.69) is 19.0 Å². The van der Waals surface area contributed by atoms with Crippen LogP contribution in [0.25, 0.3) is 0 Å². The van der Waals surface area contributed by atoms with Crippen molar-refractivity contribution in [2.75, 3.05) is 13.1 Å². The standard InChI is InChI=1S/C16H23N3O2/c1-11(2)12-6-8-19(9-7-12)16(20)14-5-3-4-13(10-14)15(17)18-21/h3-5,10-12,21H,6-9H2,1-2H3,(H2,17,18). The van der Waals surface area contributed by atoms with Crippen LogP contribution < -0.4 is 5.73 Å². The average Bonchev–Trinajstić information content (AvgIpc) is 2.53. The van der Waals surface area contributed by atoms with Gasteiger partial charge in [-0.3, -0.25) is 4.79 Å². The van der Waals surface area contributed by atoms with Gasteiger partial charge < -0.3 is 15.8 Å². The lowest BCUT2D eigenvalue weighted by atomic mass is 9.86. The second-order valence-electron chi connectivity index (χ2n) is 5.94. The number of hydrogen-bond acceptors (Lipinski definition) is 3. The highest BCUT2D eigenvalue weighted by Gasteiger charge is 2.25. The van der Waals surface area contributed by atoms with Gasteiger partial charge in [0.05, 0.1) is 0 Å². The summed E-state index contributed by atoms with van der Waals surface area (Å²) in [5.74, 6) is 1.41. The van der Waals surface area contributed by atoms with E-state index < -0.39 is 0 Å². The Morgan fingerprint density at radius 3 is 2.52 bits per heavy atom. The molecule has 0 saturated carbocycles. The SMILES string of the molecule is CC(C)C1CCN(C(=O)c2cccc(/C(N)=N/O)c2)CC1. The largest absolute Gasteiger partial charge is 0.409 e. The van der Waals surface area contributed by atoms with Crippen LogP contribution in [0.2, 0.25) is 0 Å². The lowest BCUT2D eigenvalue weighted by Gasteiger charge is -2.34. The number of amides is 1. The van der Waals surface area contributed by atoms with Crippen LogP contribution >= 0.6 is 0 Å². The minimum absolute atomic E-state index is 0.0168. The molecule has 0 unspecified atom stereocenters. The van der Waals surface area contributed by atoms with Crippen molar-refractivity contribution >= 4 is 11.7 Å². The van der Waals surface area contributed by atoms with Gasteiger partial charge in [0.15, 0.2) is 5.84 Å². The summed E-state index contributed by atoms with van der Waals surface area (Å²) in [4.78, 5) is 14.4. The molecule has 0 atom stereocenters. The van der Waals surface area contributed by atoms with E-state index in [1.807, 2.05) is 4.90 Å². The van der Waals surface area contributed by atoms with Gasteiger partial charge >= 0.3 is 0 Å². The van der Waals surface area contributed by atoms with E-state index in [1.54, 1.807) is 24.3 Å². The predicted octanol–water partition coefficient (Wildman–Crippen LogP) is 2.29. The smallest absolute Gasteiger partial charge is 0.253 e. The van der Waals surface area contributed by atoms with Gasteiger partial charge in [0.2, 0.25) is 0 Å². The molecule has 1 aliphatic rings. The molecule has 0 bridgehead atoms. The van der Waals surface area contributed by atoms with E-state index in [0.717, 1.165) is 25.9 Å². The molecule has 1 fully saturated rings. The Morgan fingerprint density at radius 2 is 1.95 bits per heavy atom. The molecule has 1 aromatic carbocycles. The maximum Gasteiger partial charge on any atom is 0.253 e. The van der Waals surface area contributed by atoms with Crippen LogP contribution in [-0.2, 0) is 0 Å². The molecule has 0 radical (unpaired) electrons. The summed E-state index contributed by atoms with van der Waals surface area (Å²) >= 11 is 0. The van der Waals surface area contributed by atoms with Gasteiger partial charge in [-0.2, -0.15) is 0 Å². The van der Waals surface area contributed by atoms with Gasteiger partial charge in [0.25, 0.3) is 5.91 Å². The molecule has 2 rings (SSSR count). The fraction of sp³-hybridized carbons (Fsp3) is 0.500. The fourth-order valence-corrected chi connectivity index (χ4v) is 2.82. The normalized spacial score (nSPS) is 17.3. The van der Waals surface area contributed by atoms with Gasteiger partial charge in [0, 0.05) is 24.2 Å². The van der Waals surface area contributed by atoms with Gasteiger partial charge in [-0.15, -0.1) is 0 Å².